The fraction of sp³-hybridized carbons (Fsp3) is 0.125. The summed E-state index contributed by atoms with van der Waals surface area (Å²) in [4.78, 5) is 22.1. The van der Waals surface area contributed by atoms with Crippen LogP contribution in [0.5, 0.6) is 17.2 Å². The van der Waals surface area contributed by atoms with Crippen molar-refractivity contribution >= 4 is 17.8 Å². The summed E-state index contributed by atoms with van der Waals surface area (Å²) in [7, 11) is 0. The van der Waals surface area contributed by atoms with Crippen LogP contribution in [-0.2, 0) is 4.79 Å². The first kappa shape index (κ1) is 16.2. The van der Waals surface area contributed by atoms with Crippen molar-refractivity contribution in [2.75, 3.05) is 6.61 Å². The average molecular weight is 343 g/mol. The topological polar surface area (TPSA) is 123 Å². The highest BCUT2D eigenvalue weighted by Crippen LogP contribution is 2.30. The minimum absolute atomic E-state index is 0.0447. The van der Waals surface area contributed by atoms with Gasteiger partial charge >= 0.3 is 5.69 Å². The SMILES string of the molecule is O=C(N/N=C\c1ccc(O)c([N+](=O)[O-])c1)[C@@H]1COc2ccccc2O1. The summed E-state index contributed by atoms with van der Waals surface area (Å²) in [6.45, 7) is 0.0447. The molecule has 9 nitrogen and oxygen atoms in total. The molecule has 0 spiro atoms. The molecule has 0 saturated carbocycles. The van der Waals surface area contributed by atoms with Crippen molar-refractivity contribution in [3.8, 4) is 17.2 Å². The first-order valence-corrected chi connectivity index (χ1v) is 7.23. The normalized spacial score (nSPS) is 15.8. The minimum Gasteiger partial charge on any atom is -0.502 e. The Labute approximate surface area is 141 Å². The van der Waals surface area contributed by atoms with Crippen LogP contribution in [-0.4, -0.2) is 34.9 Å². The summed E-state index contributed by atoms with van der Waals surface area (Å²) in [5.41, 5.74) is 2.18. The molecule has 9 heteroatoms. The quantitative estimate of drug-likeness (QED) is 0.494. The number of ether oxygens (including phenoxy) is 2. The van der Waals surface area contributed by atoms with Crippen molar-refractivity contribution in [1.82, 2.24) is 5.43 Å². The molecular weight excluding hydrogens is 330 g/mol. The van der Waals surface area contributed by atoms with Crippen molar-refractivity contribution in [2.24, 2.45) is 5.10 Å². The zero-order valence-corrected chi connectivity index (χ0v) is 12.8. The Kier molecular flexibility index (Phi) is 4.46. The number of para-hydroxylation sites is 2. The Bertz CT molecular complexity index is 852. The van der Waals surface area contributed by atoms with Crippen molar-refractivity contribution < 1.29 is 24.3 Å². The van der Waals surface area contributed by atoms with Crippen LogP contribution >= 0.6 is 0 Å². The molecule has 1 aliphatic heterocycles. The number of aromatic hydroxyl groups is 1. The molecule has 0 bridgehead atoms. The first-order chi connectivity index (χ1) is 12.0. The number of nitro groups is 1. The lowest BCUT2D eigenvalue weighted by atomic mass is 10.2. The summed E-state index contributed by atoms with van der Waals surface area (Å²) in [6.07, 6.45) is 0.364. The third-order valence-electron chi connectivity index (χ3n) is 3.39. The second kappa shape index (κ2) is 6.87. The summed E-state index contributed by atoms with van der Waals surface area (Å²) >= 11 is 0. The van der Waals surface area contributed by atoms with Gasteiger partial charge in [0.15, 0.2) is 17.2 Å². The minimum atomic E-state index is -0.860. The number of carbonyl (C=O) groups is 1. The van der Waals surface area contributed by atoms with E-state index in [9.17, 15) is 20.0 Å². The maximum Gasteiger partial charge on any atom is 0.311 e. The fourth-order valence-corrected chi connectivity index (χ4v) is 2.16. The van der Waals surface area contributed by atoms with E-state index in [1.54, 1.807) is 24.3 Å². The van der Waals surface area contributed by atoms with Gasteiger partial charge in [0, 0.05) is 11.6 Å². The van der Waals surface area contributed by atoms with Gasteiger partial charge in [0.25, 0.3) is 5.91 Å². The zero-order valence-electron chi connectivity index (χ0n) is 12.8. The Morgan fingerprint density at radius 2 is 2.08 bits per heavy atom. The number of phenolic OH excluding ortho intramolecular Hbond substituents is 1. The van der Waals surface area contributed by atoms with Gasteiger partial charge in [-0.3, -0.25) is 14.9 Å². The van der Waals surface area contributed by atoms with Crippen LogP contribution in [0.3, 0.4) is 0 Å². The van der Waals surface area contributed by atoms with Gasteiger partial charge in [-0.05, 0) is 24.3 Å². The Hall–Kier alpha value is -3.62. The maximum absolute atomic E-state index is 12.0. The number of benzene rings is 2. The monoisotopic (exact) mass is 343 g/mol. The second-order valence-electron chi connectivity index (χ2n) is 5.10. The molecule has 2 aromatic carbocycles. The van der Waals surface area contributed by atoms with Crippen LogP contribution in [0.4, 0.5) is 5.69 Å². The number of hydrogen-bond acceptors (Lipinski definition) is 7. The summed E-state index contributed by atoms with van der Waals surface area (Å²) < 4.78 is 11.0. The third kappa shape index (κ3) is 3.66. The highest BCUT2D eigenvalue weighted by atomic mass is 16.6. The van der Waals surface area contributed by atoms with E-state index in [-0.39, 0.29) is 6.61 Å². The molecular formula is C16H13N3O6. The maximum atomic E-state index is 12.0. The van der Waals surface area contributed by atoms with E-state index in [4.69, 9.17) is 9.47 Å². The predicted octanol–water partition coefficient (Wildman–Crippen LogP) is 1.59. The molecule has 1 heterocycles. The van der Waals surface area contributed by atoms with Gasteiger partial charge in [-0.15, -0.1) is 0 Å². The number of nitrogens with one attached hydrogen (secondary N) is 1. The second-order valence-corrected chi connectivity index (χ2v) is 5.10. The van der Waals surface area contributed by atoms with Gasteiger partial charge in [0.2, 0.25) is 6.10 Å². The van der Waals surface area contributed by atoms with Crippen molar-refractivity contribution in [3.05, 3.63) is 58.1 Å². The third-order valence-corrected chi connectivity index (χ3v) is 3.39. The van der Waals surface area contributed by atoms with E-state index in [1.165, 1.54) is 18.3 Å². The van der Waals surface area contributed by atoms with Crippen LogP contribution in [0.25, 0.3) is 0 Å². The van der Waals surface area contributed by atoms with Gasteiger partial charge in [0.05, 0.1) is 11.1 Å². The molecule has 0 radical (unpaired) electrons. The summed E-state index contributed by atoms with van der Waals surface area (Å²) in [6, 6.07) is 10.7. The molecule has 1 aliphatic rings. The smallest absolute Gasteiger partial charge is 0.311 e. The van der Waals surface area contributed by atoms with E-state index in [0.29, 0.717) is 17.1 Å². The Morgan fingerprint density at radius 1 is 1.32 bits per heavy atom. The van der Waals surface area contributed by atoms with Gasteiger partial charge < -0.3 is 14.6 Å². The molecule has 2 aromatic rings. The number of nitro benzene ring substituents is 1. The molecule has 1 atom stereocenters. The molecule has 128 valence electrons. The number of amides is 1. The number of fused-ring (bicyclic) bond motifs is 1. The lowest BCUT2D eigenvalue weighted by molar-refractivity contribution is -0.385. The molecule has 2 N–H and O–H groups in total. The number of phenols is 1. The highest BCUT2D eigenvalue weighted by Gasteiger charge is 2.27. The van der Waals surface area contributed by atoms with E-state index in [1.807, 2.05) is 0 Å². The number of nitrogens with zero attached hydrogens (tertiary/aromatic N) is 2. The van der Waals surface area contributed by atoms with E-state index >= 15 is 0 Å². The van der Waals surface area contributed by atoms with Crippen LogP contribution < -0.4 is 14.9 Å². The molecule has 25 heavy (non-hydrogen) atoms. The highest BCUT2D eigenvalue weighted by molar-refractivity contribution is 5.85. The Morgan fingerprint density at radius 3 is 2.84 bits per heavy atom. The van der Waals surface area contributed by atoms with Crippen LogP contribution in [0.1, 0.15) is 5.56 Å². The van der Waals surface area contributed by atoms with E-state index in [2.05, 4.69) is 10.5 Å². The summed E-state index contributed by atoms with van der Waals surface area (Å²) in [5, 5.41) is 23.9. The number of carbonyl (C=O) groups excluding carboxylic acids is 1. The molecule has 0 fully saturated rings. The largest absolute Gasteiger partial charge is 0.502 e. The molecule has 0 aliphatic carbocycles. The Balaban J connectivity index is 1.62. The average Bonchev–Trinajstić information content (AvgIpc) is 2.62. The van der Waals surface area contributed by atoms with Crippen LogP contribution in [0.15, 0.2) is 47.6 Å². The van der Waals surface area contributed by atoms with Crippen molar-refractivity contribution in [3.63, 3.8) is 0 Å². The van der Waals surface area contributed by atoms with Crippen LogP contribution in [0.2, 0.25) is 0 Å². The summed E-state index contributed by atoms with van der Waals surface area (Å²) in [5.74, 6) is 0.0649. The lowest BCUT2D eigenvalue weighted by Crippen LogP contribution is -2.42. The molecule has 0 unspecified atom stereocenters. The van der Waals surface area contributed by atoms with Crippen molar-refractivity contribution in [1.29, 1.82) is 0 Å². The van der Waals surface area contributed by atoms with Gasteiger partial charge in [0.1, 0.15) is 6.61 Å². The first-order valence-electron chi connectivity index (χ1n) is 7.23. The zero-order chi connectivity index (χ0) is 17.8. The van der Waals surface area contributed by atoms with Gasteiger partial charge in [-0.1, -0.05) is 12.1 Å². The predicted molar refractivity (Wildman–Crippen MR) is 86.9 cm³/mol. The molecule has 1 amide bonds. The standard InChI is InChI=1S/C16H13N3O6/c20-12-6-5-10(7-11(12)19(22)23)8-17-18-16(21)15-9-24-13-3-1-2-4-14(13)25-15/h1-8,15,20H,9H2,(H,18,21)/b17-8-/t15-/m0/s1. The number of hydrogen-bond donors (Lipinski definition) is 2. The van der Waals surface area contributed by atoms with Crippen molar-refractivity contribution in [2.45, 2.75) is 6.10 Å². The van der Waals surface area contributed by atoms with Gasteiger partial charge in [-0.2, -0.15) is 5.10 Å². The van der Waals surface area contributed by atoms with E-state index in [0.717, 1.165) is 6.07 Å². The molecule has 0 aromatic heterocycles. The van der Waals surface area contributed by atoms with Crippen LogP contribution in [0, 0.1) is 10.1 Å². The molecule has 0 saturated heterocycles. The fourth-order valence-electron chi connectivity index (χ4n) is 2.16. The lowest BCUT2D eigenvalue weighted by Gasteiger charge is -2.24. The van der Waals surface area contributed by atoms with E-state index < -0.39 is 28.4 Å². The number of rotatable bonds is 4. The number of hydrazone groups is 1. The van der Waals surface area contributed by atoms with Gasteiger partial charge in [-0.25, -0.2) is 5.43 Å². The molecule has 3 rings (SSSR count).